The van der Waals surface area contributed by atoms with Crippen molar-refractivity contribution in [3.05, 3.63) is 0 Å². The lowest BCUT2D eigenvalue weighted by atomic mass is 9.81. The maximum atomic E-state index is 11.9. The first-order valence-corrected chi connectivity index (χ1v) is 7.14. The van der Waals surface area contributed by atoms with Gasteiger partial charge < -0.3 is 15.2 Å². The summed E-state index contributed by atoms with van der Waals surface area (Å²) in [6.07, 6.45) is 5.71. The quantitative estimate of drug-likeness (QED) is 0.660. The second-order valence-electron chi connectivity index (χ2n) is 5.23. The van der Waals surface area contributed by atoms with E-state index in [1.807, 2.05) is 0 Å². The van der Waals surface area contributed by atoms with Crippen molar-refractivity contribution in [2.75, 3.05) is 20.3 Å². The number of aliphatic carboxylic acids is 1. The lowest BCUT2D eigenvalue weighted by Crippen LogP contribution is -2.34. The number of carbonyl (C=O) groups is 2. The van der Waals surface area contributed by atoms with E-state index < -0.39 is 5.97 Å². The Kier molecular flexibility index (Phi) is 7.48. The molecule has 110 valence electrons. The van der Waals surface area contributed by atoms with Gasteiger partial charge in [0, 0.05) is 26.2 Å². The number of carbonyl (C=O) groups excluding carboxylic acids is 1. The Labute approximate surface area is 114 Å². The standard InChI is InChI=1S/C14H25NO4/c1-19-10-4-2-3-9-15-13(16)11-5-7-12(8-6-11)14(17)18/h11-12H,2-10H2,1H3,(H,15,16)(H,17,18). The maximum Gasteiger partial charge on any atom is 0.306 e. The molecule has 5 heteroatoms. The molecule has 0 saturated heterocycles. The summed E-state index contributed by atoms with van der Waals surface area (Å²) in [4.78, 5) is 22.7. The van der Waals surface area contributed by atoms with Crippen LogP contribution in [0.15, 0.2) is 0 Å². The minimum Gasteiger partial charge on any atom is -0.481 e. The number of rotatable bonds is 8. The highest BCUT2D eigenvalue weighted by atomic mass is 16.5. The van der Waals surface area contributed by atoms with E-state index in [1.165, 1.54) is 0 Å². The van der Waals surface area contributed by atoms with E-state index in [9.17, 15) is 9.59 Å². The average Bonchev–Trinajstić information content (AvgIpc) is 2.42. The van der Waals surface area contributed by atoms with Crippen LogP contribution in [-0.4, -0.2) is 37.2 Å². The van der Waals surface area contributed by atoms with Gasteiger partial charge in [-0.3, -0.25) is 9.59 Å². The van der Waals surface area contributed by atoms with Crippen LogP contribution in [0, 0.1) is 11.8 Å². The molecule has 0 radical (unpaired) electrons. The van der Waals surface area contributed by atoms with E-state index in [1.54, 1.807) is 7.11 Å². The molecule has 1 saturated carbocycles. The summed E-state index contributed by atoms with van der Waals surface area (Å²) in [5.74, 6) is -0.875. The second kappa shape index (κ2) is 8.91. The van der Waals surface area contributed by atoms with Crippen molar-refractivity contribution in [1.82, 2.24) is 5.32 Å². The molecule has 0 heterocycles. The van der Waals surface area contributed by atoms with Crippen molar-refractivity contribution >= 4 is 11.9 Å². The molecule has 0 aromatic rings. The fraction of sp³-hybridized carbons (Fsp3) is 0.857. The maximum absolute atomic E-state index is 11.9. The van der Waals surface area contributed by atoms with Gasteiger partial charge in [-0.2, -0.15) is 0 Å². The Bertz CT molecular complexity index is 285. The van der Waals surface area contributed by atoms with Crippen molar-refractivity contribution in [3.63, 3.8) is 0 Å². The Morgan fingerprint density at radius 3 is 2.32 bits per heavy atom. The van der Waals surface area contributed by atoms with Crippen LogP contribution < -0.4 is 5.32 Å². The Hall–Kier alpha value is -1.10. The zero-order chi connectivity index (χ0) is 14.1. The zero-order valence-electron chi connectivity index (χ0n) is 11.7. The fourth-order valence-corrected chi connectivity index (χ4v) is 2.51. The first-order chi connectivity index (χ1) is 9.15. The van der Waals surface area contributed by atoms with E-state index >= 15 is 0 Å². The SMILES string of the molecule is COCCCCCNC(=O)C1CCC(C(=O)O)CC1. The summed E-state index contributed by atoms with van der Waals surface area (Å²) < 4.78 is 4.96. The smallest absolute Gasteiger partial charge is 0.306 e. The van der Waals surface area contributed by atoms with E-state index in [-0.39, 0.29) is 17.7 Å². The molecule has 0 unspecified atom stereocenters. The molecule has 0 atom stereocenters. The number of hydrogen-bond donors (Lipinski definition) is 2. The van der Waals surface area contributed by atoms with E-state index in [2.05, 4.69) is 5.32 Å². The number of methoxy groups -OCH3 is 1. The first-order valence-electron chi connectivity index (χ1n) is 7.14. The minimum absolute atomic E-state index is 0.00887. The molecule has 0 aromatic heterocycles. The molecule has 19 heavy (non-hydrogen) atoms. The van der Waals surface area contributed by atoms with Crippen LogP contribution in [-0.2, 0) is 14.3 Å². The average molecular weight is 271 g/mol. The molecular weight excluding hydrogens is 246 g/mol. The second-order valence-corrected chi connectivity index (χ2v) is 5.23. The predicted octanol–water partition coefficient (Wildman–Crippen LogP) is 1.81. The predicted molar refractivity (Wildman–Crippen MR) is 71.8 cm³/mol. The molecule has 0 bridgehead atoms. The van der Waals surface area contributed by atoms with Crippen LogP contribution in [0.4, 0.5) is 0 Å². The molecular formula is C14H25NO4. The molecule has 0 spiro atoms. The highest BCUT2D eigenvalue weighted by molar-refractivity contribution is 5.79. The fourth-order valence-electron chi connectivity index (χ4n) is 2.51. The normalized spacial score (nSPS) is 23.0. The summed E-state index contributed by atoms with van der Waals surface area (Å²) in [5.41, 5.74) is 0. The summed E-state index contributed by atoms with van der Waals surface area (Å²) in [5, 5.41) is 11.8. The molecule has 1 rings (SSSR count). The summed E-state index contributed by atoms with van der Waals surface area (Å²) in [6, 6.07) is 0. The third-order valence-electron chi connectivity index (χ3n) is 3.77. The van der Waals surface area contributed by atoms with Crippen molar-refractivity contribution < 1.29 is 19.4 Å². The third-order valence-corrected chi connectivity index (χ3v) is 3.77. The van der Waals surface area contributed by atoms with E-state index in [0.717, 1.165) is 25.9 Å². The van der Waals surface area contributed by atoms with Crippen LogP contribution in [0.2, 0.25) is 0 Å². The topological polar surface area (TPSA) is 75.6 Å². The summed E-state index contributed by atoms with van der Waals surface area (Å²) in [7, 11) is 1.69. The molecule has 1 aliphatic rings. The van der Waals surface area contributed by atoms with Gasteiger partial charge in [0.2, 0.25) is 5.91 Å². The number of carboxylic acid groups (broad SMARTS) is 1. The monoisotopic (exact) mass is 271 g/mol. The minimum atomic E-state index is -0.725. The number of unbranched alkanes of at least 4 members (excludes halogenated alkanes) is 2. The summed E-state index contributed by atoms with van der Waals surface area (Å²) >= 11 is 0. The Morgan fingerprint density at radius 2 is 1.74 bits per heavy atom. The molecule has 0 aromatic carbocycles. The Balaban J connectivity index is 2.09. The number of hydrogen-bond acceptors (Lipinski definition) is 3. The van der Waals surface area contributed by atoms with Crippen LogP contribution in [0.3, 0.4) is 0 Å². The largest absolute Gasteiger partial charge is 0.481 e. The van der Waals surface area contributed by atoms with Crippen molar-refractivity contribution in [1.29, 1.82) is 0 Å². The van der Waals surface area contributed by atoms with Crippen LogP contribution >= 0.6 is 0 Å². The van der Waals surface area contributed by atoms with Gasteiger partial charge in [-0.25, -0.2) is 0 Å². The Morgan fingerprint density at radius 1 is 1.11 bits per heavy atom. The lowest BCUT2D eigenvalue weighted by Gasteiger charge is -2.25. The third kappa shape index (κ3) is 6.05. The molecule has 5 nitrogen and oxygen atoms in total. The highest BCUT2D eigenvalue weighted by Crippen LogP contribution is 2.28. The van der Waals surface area contributed by atoms with Crippen molar-refractivity contribution in [3.8, 4) is 0 Å². The number of carboxylic acids is 1. The van der Waals surface area contributed by atoms with Gasteiger partial charge in [-0.1, -0.05) is 0 Å². The summed E-state index contributed by atoms with van der Waals surface area (Å²) in [6.45, 7) is 1.48. The van der Waals surface area contributed by atoms with Gasteiger partial charge >= 0.3 is 5.97 Å². The van der Waals surface area contributed by atoms with Gasteiger partial charge in [-0.15, -0.1) is 0 Å². The lowest BCUT2D eigenvalue weighted by molar-refractivity contribution is -0.144. The van der Waals surface area contributed by atoms with Crippen molar-refractivity contribution in [2.45, 2.75) is 44.9 Å². The number of ether oxygens (including phenoxy) is 1. The van der Waals surface area contributed by atoms with Crippen LogP contribution in [0.1, 0.15) is 44.9 Å². The number of nitrogens with one attached hydrogen (secondary N) is 1. The zero-order valence-corrected chi connectivity index (χ0v) is 11.7. The van der Waals surface area contributed by atoms with Crippen molar-refractivity contribution in [2.24, 2.45) is 11.8 Å². The van der Waals surface area contributed by atoms with Crippen LogP contribution in [0.5, 0.6) is 0 Å². The number of amides is 1. The molecule has 0 aliphatic heterocycles. The molecule has 1 aliphatic carbocycles. The molecule has 1 amide bonds. The van der Waals surface area contributed by atoms with Gasteiger partial charge in [0.25, 0.3) is 0 Å². The molecule has 1 fully saturated rings. The highest BCUT2D eigenvalue weighted by Gasteiger charge is 2.29. The first kappa shape index (κ1) is 16.0. The van der Waals surface area contributed by atoms with Gasteiger partial charge in [0.1, 0.15) is 0 Å². The molecule has 2 N–H and O–H groups in total. The van der Waals surface area contributed by atoms with Gasteiger partial charge in [-0.05, 0) is 44.9 Å². The van der Waals surface area contributed by atoms with Gasteiger partial charge in [0.15, 0.2) is 0 Å². The van der Waals surface area contributed by atoms with E-state index in [4.69, 9.17) is 9.84 Å². The van der Waals surface area contributed by atoms with Crippen LogP contribution in [0.25, 0.3) is 0 Å². The van der Waals surface area contributed by atoms with Gasteiger partial charge in [0.05, 0.1) is 5.92 Å². The van der Waals surface area contributed by atoms with E-state index in [0.29, 0.717) is 32.2 Å².